The molecule has 0 aliphatic rings. The van der Waals surface area contributed by atoms with Crippen molar-refractivity contribution in [3.8, 4) is 0 Å². The number of amides is 1. The lowest BCUT2D eigenvalue weighted by molar-refractivity contribution is -0.118. The predicted octanol–water partition coefficient (Wildman–Crippen LogP) is 1.39. The number of carbonyl (C=O) groups is 1. The van der Waals surface area contributed by atoms with Crippen molar-refractivity contribution in [2.24, 2.45) is 0 Å². The summed E-state index contributed by atoms with van der Waals surface area (Å²) in [5.41, 5.74) is 0. The average molecular weight is 272 g/mol. The number of carbonyl (C=O) groups excluding carboxylic acids is 1. The molecule has 1 aromatic rings. The van der Waals surface area contributed by atoms with E-state index in [2.05, 4.69) is 31.5 Å². The topological polar surface area (TPSA) is 54.0 Å². The van der Waals surface area contributed by atoms with Crippen molar-refractivity contribution in [2.75, 3.05) is 23.7 Å². The Morgan fingerprint density at radius 3 is 2.93 bits per heavy atom. The first-order chi connectivity index (χ1) is 7.33. The molecule has 0 saturated carbocycles. The molecule has 0 saturated heterocycles. The molecule has 0 atom stereocenters. The van der Waals surface area contributed by atoms with Crippen LogP contribution < -0.4 is 10.6 Å². The van der Waals surface area contributed by atoms with Crippen LogP contribution in [0.5, 0.6) is 0 Å². The number of halogens is 1. The van der Waals surface area contributed by atoms with Crippen LogP contribution in [0.25, 0.3) is 0 Å². The molecule has 4 nitrogen and oxygen atoms in total. The van der Waals surface area contributed by atoms with Crippen LogP contribution in [0.15, 0.2) is 24.4 Å². The van der Waals surface area contributed by atoms with Gasteiger partial charge in [0.15, 0.2) is 0 Å². The number of aromatic nitrogens is 1. The molecule has 1 rings (SSSR count). The Bertz CT molecular complexity index is 292. The molecule has 0 aliphatic carbocycles. The van der Waals surface area contributed by atoms with Crippen LogP contribution in [0.3, 0.4) is 0 Å². The van der Waals surface area contributed by atoms with Crippen LogP contribution in [-0.2, 0) is 4.79 Å². The lowest BCUT2D eigenvalue weighted by Crippen LogP contribution is -2.26. The molecular weight excluding hydrogens is 258 g/mol. The van der Waals surface area contributed by atoms with Gasteiger partial charge in [-0.3, -0.25) is 4.79 Å². The molecule has 1 aromatic heterocycles. The quantitative estimate of drug-likeness (QED) is 0.608. The van der Waals surface area contributed by atoms with Gasteiger partial charge in [-0.1, -0.05) is 22.0 Å². The van der Waals surface area contributed by atoms with Gasteiger partial charge in [0, 0.05) is 19.3 Å². The number of pyridine rings is 1. The monoisotopic (exact) mass is 271 g/mol. The molecule has 0 bridgehead atoms. The van der Waals surface area contributed by atoms with E-state index in [0.717, 1.165) is 18.8 Å². The van der Waals surface area contributed by atoms with Crippen LogP contribution in [0.1, 0.15) is 6.42 Å². The maximum atomic E-state index is 10.9. The molecule has 15 heavy (non-hydrogen) atoms. The van der Waals surface area contributed by atoms with E-state index in [-0.39, 0.29) is 5.91 Å². The van der Waals surface area contributed by atoms with E-state index in [0.29, 0.717) is 11.9 Å². The smallest absolute Gasteiger partial charge is 0.230 e. The summed E-state index contributed by atoms with van der Waals surface area (Å²) in [6.45, 7) is 1.49. The second-order valence-electron chi connectivity index (χ2n) is 2.98. The molecule has 2 N–H and O–H groups in total. The van der Waals surface area contributed by atoms with E-state index < -0.39 is 0 Å². The van der Waals surface area contributed by atoms with Crippen LogP contribution in [-0.4, -0.2) is 29.3 Å². The first-order valence-corrected chi connectivity index (χ1v) is 5.92. The van der Waals surface area contributed by atoms with Gasteiger partial charge < -0.3 is 10.6 Å². The molecule has 0 aliphatic heterocycles. The number of hydrogen-bond acceptors (Lipinski definition) is 3. The van der Waals surface area contributed by atoms with E-state index in [9.17, 15) is 4.79 Å². The number of nitrogens with zero attached hydrogens (tertiary/aromatic N) is 1. The highest BCUT2D eigenvalue weighted by molar-refractivity contribution is 9.09. The molecule has 0 spiro atoms. The maximum absolute atomic E-state index is 10.9. The summed E-state index contributed by atoms with van der Waals surface area (Å²) in [5, 5.41) is 6.30. The average Bonchev–Trinajstić information content (AvgIpc) is 2.29. The Balaban J connectivity index is 2.05. The van der Waals surface area contributed by atoms with Crippen molar-refractivity contribution in [1.82, 2.24) is 10.3 Å². The van der Waals surface area contributed by atoms with Gasteiger partial charge in [0.25, 0.3) is 0 Å². The van der Waals surface area contributed by atoms with Gasteiger partial charge in [0.2, 0.25) is 5.91 Å². The van der Waals surface area contributed by atoms with E-state index in [4.69, 9.17) is 0 Å². The standard InChI is InChI=1S/C10H14BrN3O/c11-8-10(15)14-7-3-6-13-9-4-1-2-5-12-9/h1-2,4-5H,3,6-8H2,(H,12,13)(H,14,15). The molecule has 0 unspecified atom stereocenters. The van der Waals surface area contributed by atoms with E-state index in [1.807, 2.05) is 18.2 Å². The lowest BCUT2D eigenvalue weighted by Gasteiger charge is -2.05. The third-order valence-electron chi connectivity index (χ3n) is 1.77. The van der Waals surface area contributed by atoms with Crippen LogP contribution >= 0.6 is 15.9 Å². The number of anilines is 1. The number of hydrogen-bond donors (Lipinski definition) is 2. The second kappa shape index (κ2) is 7.23. The normalized spacial score (nSPS) is 9.67. The number of alkyl halides is 1. The molecule has 5 heteroatoms. The van der Waals surface area contributed by atoms with Gasteiger partial charge >= 0.3 is 0 Å². The number of rotatable bonds is 6. The zero-order valence-electron chi connectivity index (χ0n) is 8.37. The second-order valence-corrected chi connectivity index (χ2v) is 3.54. The first kappa shape index (κ1) is 12.0. The lowest BCUT2D eigenvalue weighted by atomic mass is 10.4. The predicted molar refractivity (Wildman–Crippen MR) is 64.1 cm³/mol. The van der Waals surface area contributed by atoms with E-state index >= 15 is 0 Å². The van der Waals surface area contributed by atoms with Crippen molar-refractivity contribution in [3.05, 3.63) is 24.4 Å². The zero-order chi connectivity index (χ0) is 10.9. The van der Waals surface area contributed by atoms with Crippen LogP contribution in [0.4, 0.5) is 5.82 Å². The highest BCUT2D eigenvalue weighted by Gasteiger charge is 1.96. The van der Waals surface area contributed by atoms with Crippen molar-refractivity contribution < 1.29 is 4.79 Å². The Labute approximate surface area is 97.6 Å². The molecule has 0 fully saturated rings. The minimum Gasteiger partial charge on any atom is -0.370 e. The fourth-order valence-electron chi connectivity index (χ4n) is 1.05. The van der Waals surface area contributed by atoms with Crippen molar-refractivity contribution in [2.45, 2.75) is 6.42 Å². The minimum atomic E-state index is 0.0211. The summed E-state index contributed by atoms with van der Waals surface area (Å²) in [5.74, 6) is 0.886. The summed E-state index contributed by atoms with van der Waals surface area (Å²) >= 11 is 3.08. The van der Waals surface area contributed by atoms with Crippen LogP contribution in [0.2, 0.25) is 0 Å². The summed E-state index contributed by atoms with van der Waals surface area (Å²) in [4.78, 5) is 15.0. The van der Waals surface area contributed by atoms with Crippen molar-refractivity contribution in [1.29, 1.82) is 0 Å². The number of nitrogens with one attached hydrogen (secondary N) is 2. The van der Waals surface area contributed by atoms with Gasteiger partial charge in [-0.15, -0.1) is 0 Å². The third-order valence-corrected chi connectivity index (χ3v) is 2.28. The SMILES string of the molecule is O=C(CBr)NCCCNc1ccccn1. The highest BCUT2D eigenvalue weighted by atomic mass is 79.9. The van der Waals surface area contributed by atoms with Gasteiger partial charge in [0.05, 0.1) is 5.33 Å². The maximum Gasteiger partial charge on any atom is 0.230 e. The summed E-state index contributed by atoms with van der Waals surface area (Å²) in [7, 11) is 0. The fraction of sp³-hybridized carbons (Fsp3) is 0.400. The molecule has 0 radical (unpaired) electrons. The summed E-state index contributed by atoms with van der Waals surface area (Å²) < 4.78 is 0. The highest BCUT2D eigenvalue weighted by Crippen LogP contribution is 1.98. The van der Waals surface area contributed by atoms with E-state index in [1.54, 1.807) is 6.20 Å². The van der Waals surface area contributed by atoms with Gasteiger partial charge in [-0.05, 0) is 18.6 Å². The molecule has 1 heterocycles. The first-order valence-electron chi connectivity index (χ1n) is 4.80. The Hall–Kier alpha value is -1.10. The van der Waals surface area contributed by atoms with Gasteiger partial charge in [-0.2, -0.15) is 0 Å². The van der Waals surface area contributed by atoms with Gasteiger partial charge in [-0.25, -0.2) is 4.98 Å². The Morgan fingerprint density at radius 1 is 1.40 bits per heavy atom. The third kappa shape index (κ3) is 5.37. The molecular formula is C10H14BrN3O. The molecule has 82 valence electrons. The van der Waals surface area contributed by atoms with Crippen LogP contribution in [0, 0.1) is 0 Å². The van der Waals surface area contributed by atoms with Crippen molar-refractivity contribution in [3.63, 3.8) is 0 Å². The molecule has 1 amide bonds. The van der Waals surface area contributed by atoms with E-state index in [1.165, 1.54) is 0 Å². The van der Waals surface area contributed by atoms with Gasteiger partial charge in [0.1, 0.15) is 5.82 Å². The van der Waals surface area contributed by atoms with Crippen molar-refractivity contribution >= 4 is 27.7 Å². The fourth-order valence-corrected chi connectivity index (χ4v) is 1.25. The zero-order valence-corrected chi connectivity index (χ0v) is 9.96. The Morgan fingerprint density at radius 2 is 2.27 bits per heavy atom. The molecule has 0 aromatic carbocycles. The summed E-state index contributed by atoms with van der Waals surface area (Å²) in [6.07, 6.45) is 2.63. The minimum absolute atomic E-state index is 0.0211. The Kier molecular flexibility index (Phi) is 5.77. The summed E-state index contributed by atoms with van der Waals surface area (Å²) in [6, 6.07) is 5.72. The largest absolute Gasteiger partial charge is 0.370 e.